The number of aromatic amines is 1. The van der Waals surface area contributed by atoms with Crippen molar-refractivity contribution >= 4 is 34.5 Å². The van der Waals surface area contributed by atoms with E-state index < -0.39 is 12.0 Å². The topological polar surface area (TPSA) is 71.2 Å². The van der Waals surface area contributed by atoms with E-state index >= 15 is 0 Å². The molecule has 0 unspecified atom stereocenters. The maximum absolute atomic E-state index is 12.1. The first kappa shape index (κ1) is 18.1. The molecule has 2 aromatic carbocycles. The number of aromatic nitrogens is 1. The van der Waals surface area contributed by atoms with Gasteiger partial charge in [0.2, 0.25) is 5.91 Å². The van der Waals surface area contributed by atoms with Crippen molar-refractivity contribution in [2.75, 3.05) is 7.11 Å². The third-order valence-corrected chi connectivity index (χ3v) is 5.07. The smallest absolute Gasteiger partial charge is 0.328 e. The zero-order valence-electron chi connectivity index (χ0n) is 14.6. The highest BCUT2D eigenvalue weighted by Gasteiger charge is 2.24. The van der Waals surface area contributed by atoms with Gasteiger partial charge in [-0.2, -0.15) is 0 Å². The van der Waals surface area contributed by atoms with Gasteiger partial charge in [0.1, 0.15) is 6.04 Å². The van der Waals surface area contributed by atoms with E-state index in [2.05, 4.69) is 10.3 Å². The van der Waals surface area contributed by atoms with E-state index in [1.165, 1.54) is 14.0 Å². The van der Waals surface area contributed by atoms with Crippen LogP contribution in [0.1, 0.15) is 12.5 Å². The van der Waals surface area contributed by atoms with Gasteiger partial charge in [-0.3, -0.25) is 4.79 Å². The monoisotopic (exact) mass is 368 g/mol. The minimum absolute atomic E-state index is 0.266. The van der Waals surface area contributed by atoms with E-state index in [9.17, 15) is 9.59 Å². The fourth-order valence-corrected chi connectivity index (χ4v) is 3.86. The summed E-state index contributed by atoms with van der Waals surface area (Å²) in [6.07, 6.45) is 0.353. The van der Waals surface area contributed by atoms with Crippen molar-refractivity contribution in [2.24, 2.45) is 0 Å². The van der Waals surface area contributed by atoms with E-state index in [0.29, 0.717) is 6.42 Å². The van der Waals surface area contributed by atoms with Gasteiger partial charge in [-0.15, -0.1) is 0 Å². The molecule has 6 heteroatoms. The Morgan fingerprint density at radius 2 is 1.81 bits per heavy atom. The first-order chi connectivity index (χ1) is 12.6. The van der Waals surface area contributed by atoms with Crippen LogP contribution in [0.5, 0.6) is 0 Å². The summed E-state index contributed by atoms with van der Waals surface area (Å²) < 4.78 is 4.86. The molecule has 0 fully saturated rings. The molecule has 3 rings (SSSR count). The number of hydrogen-bond donors (Lipinski definition) is 2. The summed E-state index contributed by atoms with van der Waals surface area (Å²) >= 11 is 1.60. The molecule has 3 aromatic rings. The highest BCUT2D eigenvalue weighted by Crippen LogP contribution is 2.35. The average molecular weight is 368 g/mol. The number of esters is 1. The van der Waals surface area contributed by atoms with Crippen molar-refractivity contribution in [3.8, 4) is 0 Å². The van der Waals surface area contributed by atoms with Crippen LogP contribution in [-0.4, -0.2) is 30.0 Å². The number of carbonyl (C=O) groups is 2. The van der Waals surface area contributed by atoms with Crippen LogP contribution in [0.25, 0.3) is 10.9 Å². The molecule has 0 radical (unpaired) electrons. The first-order valence-corrected chi connectivity index (χ1v) is 9.07. The molecule has 26 heavy (non-hydrogen) atoms. The summed E-state index contributed by atoms with van der Waals surface area (Å²) in [6.45, 7) is 1.39. The first-order valence-electron chi connectivity index (χ1n) is 8.26. The Morgan fingerprint density at radius 1 is 1.12 bits per heavy atom. The van der Waals surface area contributed by atoms with Crippen molar-refractivity contribution in [1.29, 1.82) is 0 Å². The predicted octanol–water partition coefficient (Wildman–Crippen LogP) is 3.54. The number of methoxy groups -OCH3 is 1. The van der Waals surface area contributed by atoms with Gasteiger partial charge in [0.05, 0.1) is 12.1 Å². The van der Waals surface area contributed by atoms with Crippen molar-refractivity contribution < 1.29 is 14.3 Å². The summed E-state index contributed by atoms with van der Waals surface area (Å²) in [5.74, 6) is -0.723. The molecule has 0 aliphatic heterocycles. The van der Waals surface area contributed by atoms with Gasteiger partial charge in [-0.25, -0.2) is 4.79 Å². The molecule has 1 amide bonds. The molecule has 134 valence electrons. The molecule has 0 aliphatic rings. The molecule has 0 saturated carbocycles. The quantitative estimate of drug-likeness (QED) is 0.653. The van der Waals surface area contributed by atoms with Gasteiger partial charge in [-0.1, -0.05) is 48.2 Å². The number of hydrogen-bond acceptors (Lipinski definition) is 4. The second-order valence-corrected chi connectivity index (χ2v) is 6.96. The van der Waals surface area contributed by atoms with Crippen LogP contribution < -0.4 is 5.32 Å². The van der Waals surface area contributed by atoms with Gasteiger partial charge in [-0.05, 0) is 23.8 Å². The number of amides is 1. The SMILES string of the molecule is COC(=O)[C@H](Cc1c(Sc2ccccc2)[nH]c2ccccc12)NC(C)=O. The standard InChI is InChI=1S/C20H20N2O3S/c1-13(23)21-18(20(24)25-2)12-16-15-10-6-7-11-17(15)22-19(16)26-14-8-4-3-5-9-14/h3-11,18,22H,12H2,1-2H3,(H,21,23)/t18-/m0/s1. The maximum atomic E-state index is 12.1. The minimum atomic E-state index is -0.730. The fourth-order valence-electron chi connectivity index (χ4n) is 2.86. The lowest BCUT2D eigenvalue weighted by atomic mass is 10.0. The van der Waals surface area contributed by atoms with Crippen LogP contribution in [0.15, 0.2) is 64.5 Å². The number of rotatable bonds is 6. The Hall–Kier alpha value is -2.73. The molecule has 1 aromatic heterocycles. The van der Waals surface area contributed by atoms with E-state index in [-0.39, 0.29) is 5.91 Å². The number of ether oxygens (including phenoxy) is 1. The van der Waals surface area contributed by atoms with Gasteiger partial charge < -0.3 is 15.0 Å². The van der Waals surface area contributed by atoms with Crippen LogP contribution in [0.2, 0.25) is 0 Å². The van der Waals surface area contributed by atoms with E-state index in [1.54, 1.807) is 11.8 Å². The largest absolute Gasteiger partial charge is 0.467 e. The number of H-pyrrole nitrogens is 1. The lowest BCUT2D eigenvalue weighted by Crippen LogP contribution is -2.42. The van der Waals surface area contributed by atoms with Crippen LogP contribution in [0.3, 0.4) is 0 Å². The second-order valence-electron chi connectivity index (χ2n) is 5.87. The van der Waals surface area contributed by atoms with Crippen LogP contribution in [-0.2, 0) is 20.7 Å². The summed E-state index contributed by atoms with van der Waals surface area (Å²) in [5, 5.41) is 4.68. The molecule has 0 aliphatic carbocycles. The van der Waals surface area contributed by atoms with Crippen molar-refractivity contribution in [3.05, 3.63) is 60.2 Å². The van der Waals surface area contributed by atoms with Gasteiger partial charge in [0, 0.05) is 29.1 Å². The molecular weight excluding hydrogens is 348 g/mol. The number of fused-ring (bicyclic) bond motifs is 1. The summed E-state index contributed by atoms with van der Waals surface area (Å²) in [5.41, 5.74) is 1.98. The lowest BCUT2D eigenvalue weighted by molar-refractivity contribution is -0.144. The minimum Gasteiger partial charge on any atom is -0.467 e. The Morgan fingerprint density at radius 3 is 2.50 bits per heavy atom. The maximum Gasteiger partial charge on any atom is 0.328 e. The Bertz CT molecular complexity index is 921. The molecule has 1 atom stereocenters. The third-order valence-electron chi connectivity index (χ3n) is 4.01. The molecule has 2 N–H and O–H groups in total. The van der Waals surface area contributed by atoms with E-state index in [4.69, 9.17) is 4.74 Å². The van der Waals surface area contributed by atoms with Crippen molar-refractivity contribution in [3.63, 3.8) is 0 Å². The number of nitrogens with one attached hydrogen (secondary N) is 2. The average Bonchev–Trinajstić information content (AvgIpc) is 2.98. The van der Waals surface area contributed by atoms with Gasteiger partial charge in [0.25, 0.3) is 0 Å². The molecule has 1 heterocycles. The molecule has 0 saturated heterocycles. The van der Waals surface area contributed by atoms with Gasteiger partial charge in [0.15, 0.2) is 0 Å². The Kier molecular flexibility index (Phi) is 5.63. The highest BCUT2D eigenvalue weighted by atomic mass is 32.2. The predicted molar refractivity (Wildman–Crippen MR) is 102 cm³/mol. The lowest BCUT2D eigenvalue weighted by Gasteiger charge is -2.16. The van der Waals surface area contributed by atoms with E-state index in [1.807, 2.05) is 54.6 Å². The summed E-state index contributed by atoms with van der Waals surface area (Å²) in [7, 11) is 1.33. The number of benzene rings is 2. The number of carbonyl (C=O) groups excluding carboxylic acids is 2. The molecular formula is C20H20N2O3S. The zero-order chi connectivity index (χ0) is 18.5. The van der Waals surface area contributed by atoms with Crippen LogP contribution in [0.4, 0.5) is 0 Å². The van der Waals surface area contributed by atoms with E-state index in [0.717, 1.165) is 26.4 Å². The normalized spacial score (nSPS) is 11.9. The van der Waals surface area contributed by atoms with Crippen molar-refractivity contribution in [1.82, 2.24) is 10.3 Å². The summed E-state index contributed by atoms with van der Waals surface area (Å²) in [6, 6.07) is 17.2. The Balaban J connectivity index is 2.00. The molecule has 0 bridgehead atoms. The summed E-state index contributed by atoms with van der Waals surface area (Å²) in [4.78, 5) is 28.2. The number of para-hydroxylation sites is 1. The van der Waals surface area contributed by atoms with Crippen LogP contribution in [0, 0.1) is 0 Å². The Labute approximate surface area is 156 Å². The highest BCUT2D eigenvalue weighted by molar-refractivity contribution is 7.99. The molecule has 0 spiro atoms. The van der Waals surface area contributed by atoms with Crippen LogP contribution >= 0.6 is 11.8 Å². The molecule has 5 nitrogen and oxygen atoms in total. The second kappa shape index (κ2) is 8.10. The van der Waals surface area contributed by atoms with Crippen molar-refractivity contribution in [2.45, 2.75) is 29.3 Å². The third kappa shape index (κ3) is 4.08. The zero-order valence-corrected chi connectivity index (χ0v) is 15.4. The fraction of sp³-hybridized carbons (Fsp3) is 0.200. The van der Waals surface area contributed by atoms with Gasteiger partial charge >= 0.3 is 5.97 Å².